The summed E-state index contributed by atoms with van der Waals surface area (Å²) in [7, 11) is 0. The average molecular weight is 352 g/mol. The van der Waals surface area contributed by atoms with Crippen molar-refractivity contribution in [2.75, 3.05) is 13.2 Å². The lowest BCUT2D eigenvalue weighted by Gasteiger charge is -2.11. The van der Waals surface area contributed by atoms with Crippen LogP contribution in [0.2, 0.25) is 0 Å². The number of hydrogen-bond acceptors (Lipinski definition) is 3. The van der Waals surface area contributed by atoms with Crippen LogP contribution < -0.4 is 10.1 Å². The van der Waals surface area contributed by atoms with Crippen LogP contribution in [-0.4, -0.2) is 22.7 Å². The first-order chi connectivity index (χ1) is 10.2. The summed E-state index contributed by atoms with van der Waals surface area (Å²) in [6.07, 6.45) is 4.93. The van der Waals surface area contributed by atoms with E-state index >= 15 is 0 Å². The fourth-order valence-electron chi connectivity index (χ4n) is 2.07. The Morgan fingerprint density at radius 1 is 1.38 bits per heavy atom. The quantitative estimate of drug-likeness (QED) is 0.739. The van der Waals surface area contributed by atoms with E-state index < -0.39 is 0 Å². The molecule has 0 aliphatic heterocycles. The van der Waals surface area contributed by atoms with Crippen LogP contribution in [0.1, 0.15) is 24.7 Å². The van der Waals surface area contributed by atoms with E-state index in [1.54, 1.807) is 0 Å². The molecule has 5 heteroatoms. The predicted octanol–water partition coefficient (Wildman–Crippen LogP) is 3.53. The van der Waals surface area contributed by atoms with Crippen LogP contribution in [0, 0.1) is 6.92 Å². The zero-order chi connectivity index (χ0) is 15.1. The number of ether oxygens (including phenoxy) is 1. The zero-order valence-corrected chi connectivity index (χ0v) is 14.2. The van der Waals surface area contributed by atoms with Gasteiger partial charge >= 0.3 is 0 Å². The fourth-order valence-corrected chi connectivity index (χ4v) is 2.62. The third-order valence-electron chi connectivity index (χ3n) is 3.27. The van der Waals surface area contributed by atoms with Gasteiger partial charge in [0.2, 0.25) is 0 Å². The molecule has 2 aromatic rings. The second-order valence-electron chi connectivity index (χ2n) is 4.96. The Bertz CT molecular complexity index is 568. The van der Waals surface area contributed by atoms with Gasteiger partial charge in [-0.3, -0.25) is 0 Å². The molecule has 0 saturated carbocycles. The van der Waals surface area contributed by atoms with Crippen LogP contribution >= 0.6 is 15.9 Å². The first-order valence-electron chi connectivity index (χ1n) is 7.30. The second kappa shape index (κ2) is 8.20. The molecule has 2 rings (SSSR count). The van der Waals surface area contributed by atoms with Crippen molar-refractivity contribution in [3.05, 3.63) is 46.5 Å². The van der Waals surface area contributed by atoms with Gasteiger partial charge in [0.15, 0.2) is 0 Å². The van der Waals surface area contributed by atoms with Gasteiger partial charge in [0, 0.05) is 18.9 Å². The molecule has 0 atom stereocenters. The molecule has 0 radical (unpaired) electrons. The Labute approximate surface area is 134 Å². The third kappa shape index (κ3) is 4.86. The van der Waals surface area contributed by atoms with E-state index in [2.05, 4.69) is 49.9 Å². The van der Waals surface area contributed by atoms with Crippen molar-refractivity contribution in [3.8, 4) is 5.75 Å². The number of aromatic nitrogens is 2. The Balaban J connectivity index is 1.84. The summed E-state index contributed by atoms with van der Waals surface area (Å²) >= 11 is 3.58. The maximum atomic E-state index is 5.83. The number of imidazole rings is 1. The molecule has 114 valence electrons. The third-order valence-corrected chi connectivity index (χ3v) is 3.89. The Morgan fingerprint density at radius 2 is 2.24 bits per heavy atom. The molecular formula is C16H22BrN3O. The van der Waals surface area contributed by atoms with Crippen molar-refractivity contribution in [1.29, 1.82) is 0 Å². The molecule has 0 bridgehead atoms. The summed E-state index contributed by atoms with van der Waals surface area (Å²) in [6, 6.07) is 6.24. The van der Waals surface area contributed by atoms with Gasteiger partial charge in [-0.1, -0.05) is 13.0 Å². The molecule has 4 nitrogen and oxygen atoms in total. The van der Waals surface area contributed by atoms with E-state index in [1.165, 1.54) is 5.56 Å². The number of halogens is 1. The SMILES string of the molecule is CCCNCc1ccc(OCCn2ccnc2C)c(Br)c1. The lowest BCUT2D eigenvalue weighted by Crippen LogP contribution is -2.13. The minimum absolute atomic E-state index is 0.628. The van der Waals surface area contributed by atoms with E-state index in [4.69, 9.17) is 4.74 Å². The molecule has 0 aliphatic rings. The van der Waals surface area contributed by atoms with E-state index in [9.17, 15) is 0 Å². The number of benzene rings is 1. The molecule has 0 amide bonds. The largest absolute Gasteiger partial charge is 0.491 e. The van der Waals surface area contributed by atoms with Crippen molar-refractivity contribution in [2.24, 2.45) is 0 Å². The smallest absolute Gasteiger partial charge is 0.133 e. The lowest BCUT2D eigenvalue weighted by atomic mass is 10.2. The molecule has 0 fully saturated rings. The Kier molecular flexibility index (Phi) is 6.26. The number of hydrogen-bond donors (Lipinski definition) is 1. The van der Waals surface area contributed by atoms with Crippen LogP contribution in [0.4, 0.5) is 0 Å². The highest BCUT2D eigenvalue weighted by Crippen LogP contribution is 2.26. The fraction of sp³-hybridized carbons (Fsp3) is 0.438. The molecular weight excluding hydrogens is 330 g/mol. The lowest BCUT2D eigenvalue weighted by molar-refractivity contribution is 0.295. The van der Waals surface area contributed by atoms with Gasteiger partial charge in [-0.25, -0.2) is 4.98 Å². The summed E-state index contributed by atoms with van der Waals surface area (Å²) < 4.78 is 8.91. The van der Waals surface area contributed by atoms with E-state index in [-0.39, 0.29) is 0 Å². The Hall–Kier alpha value is -1.33. The van der Waals surface area contributed by atoms with Gasteiger partial charge in [-0.15, -0.1) is 0 Å². The highest BCUT2D eigenvalue weighted by atomic mass is 79.9. The summed E-state index contributed by atoms with van der Waals surface area (Å²) in [5, 5.41) is 3.39. The van der Waals surface area contributed by atoms with E-state index in [1.807, 2.05) is 25.4 Å². The maximum absolute atomic E-state index is 5.83. The van der Waals surface area contributed by atoms with Crippen LogP contribution in [0.5, 0.6) is 5.75 Å². The number of rotatable bonds is 8. The number of nitrogens with one attached hydrogen (secondary N) is 1. The van der Waals surface area contributed by atoms with Gasteiger partial charge in [-0.2, -0.15) is 0 Å². The van der Waals surface area contributed by atoms with Crippen molar-refractivity contribution in [2.45, 2.75) is 33.4 Å². The van der Waals surface area contributed by atoms with Crippen molar-refractivity contribution >= 4 is 15.9 Å². The number of nitrogens with zero attached hydrogens (tertiary/aromatic N) is 2. The number of aryl methyl sites for hydroxylation is 1. The van der Waals surface area contributed by atoms with Gasteiger partial charge < -0.3 is 14.6 Å². The minimum Gasteiger partial charge on any atom is -0.491 e. The first-order valence-corrected chi connectivity index (χ1v) is 8.09. The van der Waals surface area contributed by atoms with E-state index in [0.29, 0.717) is 6.61 Å². The normalized spacial score (nSPS) is 10.8. The summed E-state index contributed by atoms with van der Waals surface area (Å²) in [4.78, 5) is 4.20. The zero-order valence-electron chi connectivity index (χ0n) is 12.6. The molecule has 21 heavy (non-hydrogen) atoms. The summed E-state index contributed by atoms with van der Waals surface area (Å²) in [6.45, 7) is 7.53. The average Bonchev–Trinajstić information content (AvgIpc) is 2.87. The van der Waals surface area contributed by atoms with Crippen molar-refractivity contribution < 1.29 is 4.74 Å². The molecule has 1 N–H and O–H groups in total. The standard InChI is InChI=1S/C16H22BrN3O/c1-3-6-18-12-14-4-5-16(15(17)11-14)21-10-9-20-8-7-19-13(20)2/h4-5,7-8,11,18H,3,6,9-10,12H2,1-2H3. The van der Waals surface area contributed by atoms with Crippen LogP contribution in [0.3, 0.4) is 0 Å². The maximum Gasteiger partial charge on any atom is 0.133 e. The van der Waals surface area contributed by atoms with Crippen LogP contribution in [0.15, 0.2) is 35.1 Å². The van der Waals surface area contributed by atoms with Gasteiger partial charge in [0.1, 0.15) is 18.2 Å². The molecule has 1 aromatic heterocycles. The predicted molar refractivity (Wildman–Crippen MR) is 88.6 cm³/mol. The minimum atomic E-state index is 0.628. The van der Waals surface area contributed by atoms with Gasteiger partial charge in [-0.05, 0) is 53.5 Å². The molecule has 0 aliphatic carbocycles. The first kappa shape index (κ1) is 16.0. The highest BCUT2D eigenvalue weighted by molar-refractivity contribution is 9.10. The van der Waals surface area contributed by atoms with Crippen LogP contribution in [-0.2, 0) is 13.1 Å². The summed E-state index contributed by atoms with van der Waals surface area (Å²) in [5.41, 5.74) is 1.26. The molecule has 0 spiro atoms. The van der Waals surface area contributed by atoms with Crippen molar-refractivity contribution in [3.63, 3.8) is 0 Å². The topological polar surface area (TPSA) is 39.1 Å². The molecule has 1 aromatic carbocycles. The van der Waals surface area contributed by atoms with Crippen molar-refractivity contribution in [1.82, 2.24) is 14.9 Å². The highest BCUT2D eigenvalue weighted by Gasteiger charge is 2.03. The molecule has 1 heterocycles. The second-order valence-corrected chi connectivity index (χ2v) is 5.81. The van der Waals surface area contributed by atoms with Gasteiger partial charge in [0.25, 0.3) is 0 Å². The summed E-state index contributed by atoms with van der Waals surface area (Å²) in [5.74, 6) is 1.89. The van der Waals surface area contributed by atoms with Crippen LogP contribution in [0.25, 0.3) is 0 Å². The molecule has 0 saturated heterocycles. The molecule has 0 unspecified atom stereocenters. The Morgan fingerprint density at radius 3 is 2.90 bits per heavy atom. The monoisotopic (exact) mass is 351 g/mol. The van der Waals surface area contributed by atoms with Gasteiger partial charge in [0.05, 0.1) is 11.0 Å². The van der Waals surface area contributed by atoms with E-state index in [0.717, 1.165) is 42.1 Å².